The van der Waals surface area contributed by atoms with Crippen LogP contribution >= 0.6 is 0 Å². The number of ether oxygens (including phenoxy) is 2. The van der Waals surface area contributed by atoms with E-state index in [2.05, 4.69) is 10.4 Å². The smallest absolute Gasteiger partial charge is 0.256 e. The number of sulfonamides is 1. The van der Waals surface area contributed by atoms with Gasteiger partial charge in [0.1, 0.15) is 16.5 Å². The molecule has 32 heavy (non-hydrogen) atoms. The predicted molar refractivity (Wildman–Crippen MR) is 116 cm³/mol. The molecule has 0 radical (unpaired) electrons. The fourth-order valence-electron chi connectivity index (χ4n) is 3.03. The van der Waals surface area contributed by atoms with Crippen LogP contribution in [0.4, 0.5) is 10.2 Å². The fourth-order valence-corrected chi connectivity index (χ4v) is 4.02. The van der Waals surface area contributed by atoms with Gasteiger partial charge in [-0.3, -0.25) is 4.79 Å². The Balaban J connectivity index is 1.87. The second-order valence-corrected chi connectivity index (χ2v) is 9.03. The zero-order valence-electron chi connectivity index (χ0n) is 18.0. The summed E-state index contributed by atoms with van der Waals surface area (Å²) < 4.78 is 52.0. The molecule has 0 bridgehead atoms. The third-order valence-electron chi connectivity index (χ3n) is 4.71. The molecule has 0 saturated heterocycles. The Morgan fingerprint density at radius 3 is 2.56 bits per heavy atom. The molecule has 170 valence electrons. The van der Waals surface area contributed by atoms with E-state index in [0.29, 0.717) is 17.3 Å². The van der Waals surface area contributed by atoms with Crippen molar-refractivity contribution in [3.8, 4) is 11.5 Å². The Labute approximate surface area is 185 Å². The van der Waals surface area contributed by atoms with Crippen molar-refractivity contribution in [2.45, 2.75) is 11.4 Å². The van der Waals surface area contributed by atoms with E-state index in [1.165, 1.54) is 45.3 Å². The third-order valence-corrected chi connectivity index (χ3v) is 6.54. The molecule has 2 aromatic carbocycles. The van der Waals surface area contributed by atoms with Crippen LogP contribution in [-0.4, -0.2) is 56.7 Å². The van der Waals surface area contributed by atoms with Crippen LogP contribution in [0.1, 0.15) is 15.9 Å². The van der Waals surface area contributed by atoms with Gasteiger partial charge in [-0.15, -0.1) is 0 Å². The highest BCUT2D eigenvalue weighted by Crippen LogP contribution is 2.31. The molecule has 0 spiro atoms. The molecule has 0 aliphatic heterocycles. The number of carbonyl (C=O) groups is 1. The first-order chi connectivity index (χ1) is 15.2. The summed E-state index contributed by atoms with van der Waals surface area (Å²) in [6.07, 6.45) is 1.51. The summed E-state index contributed by atoms with van der Waals surface area (Å²) in [5.41, 5.74) is 0.755. The van der Waals surface area contributed by atoms with Crippen LogP contribution in [0.5, 0.6) is 11.5 Å². The van der Waals surface area contributed by atoms with Crippen molar-refractivity contribution < 1.29 is 27.1 Å². The molecular formula is C21H23FN4O5S. The lowest BCUT2D eigenvalue weighted by atomic mass is 10.2. The van der Waals surface area contributed by atoms with Gasteiger partial charge in [0.15, 0.2) is 11.5 Å². The standard InChI is InChI=1S/C21H23FN4O5S/c1-25(2)32(28,29)18-12-14(8-9-16(18)22)21(27)24-19-10-11-23-26(19)13-15-6-5-7-17(30-3)20(15)31-4/h5-12H,13H2,1-4H3,(H,24,27). The van der Waals surface area contributed by atoms with E-state index in [9.17, 15) is 17.6 Å². The number of anilines is 1. The summed E-state index contributed by atoms with van der Waals surface area (Å²) >= 11 is 0. The normalized spacial score (nSPS) is 11.4. The van der Waals surface area contributed by atoms with Gasteiger partial charge in [0.25, 0.3) is 5.91 Å². The minimum absolute atomic E-state index is 0.0152. The van der Waals surface area contributed by atoms with Crippen LogP contribution < -0.4 is 14.8 Å². The first-order valence-electron chi connectivity index (χ1n) is 9.44. The highest BCUT2D eigenvalue weighted by molar-refractivity contribution is 7.89. The van der Waals surface area contributed by atoms with Gasteiger partial charge in [-0.2, -0.15) is 5.10 Å². The van der Waals surface area contributed by atoms with E-state index >= 15 is 0 Å². The number of para-hydroxylation sites is 1. The van der Waals surface area contributed by atoms with Crippen molar-refractivity contribution in [3.63, 3.8) is 0 Å². The summed E-state index contributed by atoms with van der Waals surface area (Å²) in [5, 5.41) is 6.91. The molecule has 0 unspecified atom stereocenters. The lowest BCUT2D eigenvalue weighted by Crippen LogP contribution is -2.24. The van der Waals surface area contributed by atoms with Gasteiger partial charge < -0.3 is 14.8 Å². The Kier molecular flexibility index (Phi) is 6.80. The van der Waals surface area contributed by atoms with Crippen LogP contribution in [0, 0.1) is 5.82 Å². The lowest BCUT2D eigenvalue weighted by molar-refractivity contribution is 0.102. The summed E-state index contributed by atoms with van der Waals surface area (Å²) in [6, 6.07) is 10.2. The number of halogens is 1. The Bertz CT molecular complexity index is 1240. The van der Waals surface area contributed by atoms with E-state index in [1.807, 2.05) is 12.1 Å². The topological polar surface area (TPSA) is 103 Å². The van der Waals surface area contributed by atoms with Crippen LogP contribution in [0.3, 0.4) is 0 Å². The molecule has 1 heterocycles. The van der Waals surface area contributed by atoms with Gasteiger partial charge in [-0.25, -0.2) is 21.8 Å². The maximum Gasteiger partial charge on any atom is 0.256 e. The molecule has 1 amide bonds. The molecule has 1 aromatic heterocycles. The number of amides is 1. The minimum atomic E-state index is -4.05. The number of aromatic nitrogens is 2. The largest absolute Gasteiger partial charge is 0.493 e. The molecular weight excluding hydrogens is 439 g/mol. The molecule has 0 aliphatic rings. The first-order valence-corrected chi connectivity index (χ1v) is 10.9. The highest BCUT2D eigenvalue weighted by Gasteiger charge is 2.24. The SMILES string of the molecule is COc1cccc(Cn2nccc2NC(=O)c2ccc(F)c(S(=O)(=O)N(C)C)c2)c1OC. The average Bonchev–Trinajstić information content (AvgIpc) is 3.19. The molecule has 3 aromatic rings. The van der Waals surface area contributed by atoms with Crippen LogP contribution in [0.2, 0.25) is 0 Å². The van der Waals surface area contributed by atoms with Crippen LogP contribution in [0.25, 0.3) is 0 Å². The quantitative estimate of drug-likeness (QED) is 0.552. The molecule has 9 nitrogen and oxygen atoms in total. The van der Waals surface area contributed by atoms with E-state index in [0.717, 1.165) is 22.0 Å². The summed E-state index contributed by atoms with van der Waals surface area (Å²) in [4.78, 5) is 12.2. The number of nitrogens with one attached hydrogen (secondary N) is 1. The molecule has 0 atom stereocenters. The monoisotopic (exact) mass is 462 g/mol. The Morgan fingerprint density at radius 2 is 1.91 bits per heavy atom. The first kappa shape index (κ1) is 23.2. The van der Waals surface area contributed by atoms with Crippen molar-refractivity contribution in [2.75, 3.05) is 33.6 Å². The van der Waals surface area contributed by atoms with E-state index in [-0.39, 0.29) is 12.1 Å². The number of hydrogen-bond acceptors (Lipinski definition) is 6. The maximum absolute atomic E-state index is 14.1. The molecule has 0 saturated carbocycles. The van der Waals surface area contributed by atoms with Gasteiger partial charge in [-0.05, 0) is 24.3 Å². The lowest BCUT2D eigenvalue weighted by Gasteiger charge is -2.15. The number of benzene rings is 2. The van der Waals surface area contributed by atoms with Crippen molar-refractivity contribution in [2.24, 2.45) is 0 Å². The van der Waals surface area contributed by atoms with Crippen molar-refractivity contribution in [3.05, 3.63) is 65.6 Å². The third kappa shape index (κ3) is 4.58. The number of carbonyl (C=O) groups excluding carboxylic acids is 1. The van der Waals surface area contributed by atoms with E-state index in [4.69, 9.17) is 9.47 Å². The van der Waals surface area contributed by atoms with Gasteiger partial charge >= 0.3 is 0 Å². The number of rotatable bonds is 8. The van der Waals surface area contributed by atoms with Crippen molar-refractivity contribution in [1.82, 2.24) is 14.1 Å². The number of hydrogen-bond donors (Lipinski definition) is 1. The second kappa shape index (κ2) is 9.37. The molecule has 1 N–H and O–H groups in total. The minimum Gasteiger partial charge on any atom is -0.493 e. The van der Waals surface area contributed by atoms with Crippen molar-refractivity contribution >= 4 is 21.7 Å². The second-order valence-electron chi connectivity index (χ2n) is 6.91. The predicted octanol–water partition coefficient (Wildman–Crippen LogP) is 2.59. The maximum atomic E-state index is 14.1. The van der Waals surface area contributed by atoms with Gasteiger partial charge in [0.05, 0.1) is 27.0 Å². The van der Waals surface area contributed by atoms with Gasteiger partial charge in [-0.1, -0.05) is 12.1 Å². The zero-order chi connectivity index (χ0) is 23.5. The fraction of sp³-hybridized carbons (Fsp3) is 0.238. The molecule has 3 rings (SSSR count). The van der Waals surface area contributed by atoms with Gasteiger partial charge in [0, 0.05) is 31.3 Å². The molecule has 0 fully saturated rings. The van der Waals surface area contributed by atoms with Crippen LogP contribution in [-0.2, 0) is 16.6 Å². The Morgan fingerprint density at radius 1 is 1.16 bits per heavy atom. The summed E-state index contributed by atoms with van der Waals surface area (Å²) in [6.45, 7) is 0.270. The van der Waals surface area contributed by atoms with Gasteiger partial charge in [0.2, 0.25) is 10.0 Å². The number of methoxy groups -OCH3 is 2. The Hall–Kier alpha value is -3.44. The molecule has 0 aliphatic carbocycles. The summed E-state index contributed by atoms with van der Waals surface area (Å²) in [5.74, 6) is -0.0882. The van der Waals surface area contributed by atoms with Crippen molar-refractivity contribution in [1.29, 1.82) is 0 Å². The van der Waals surface area contributed by atoms with Crippen LogP contribution in [0.15, 0.2) is 53.6 Å². The zero-order valence-corrected chi connectivity index (χ0v) is 18.8. The van der Waals surface area contributed by atoms with E-state index < -0.39 is 26.6 Å². The van der Waals surface area contributed by atoms with E-state index in [1.54, 1.807) is 12.1 Å². The highest BCUT2D eigenvalue weighted by atomic mass is 32.2. The average molecular weight is 463 g/mol. The molecule has 11 heteroatoms. The number of nitrogens with zero attached hydrogens (tertiary/aromatic N) is 3. The summed E-state index contributed by atoms with van der Waals surface area (Å²) in [7, 11) is 1.58.